The molecule has 1 heterocycles. The molecule has 1 aromatic heterocycles. The van der Waals surface area contributed by atoms with Gasteiger partial charge in [-0.2, -0.15) is 0 Å². The molecule has 1 N–H and O–H groups in total. The third kappa shape index (κ3) is 2.60. The van der Waals surface area contributed by atoms with Crippen molar-refractivity contribution in [3.63, 3.8) is 0 Å². The van der Waals surface area contributed by atoms with Gasteiger partial charge in [0.1, 0.15) is 5.82 Å². The minimum absolute atomic E-state index is 0. The van der Waals surface area contributed by atoms with Crippen molar-refractivity contribution in [1.29, 1.82) is 0 Å². The predicted octanol–water partition coefficient (Wildman–Crippen LogP) is 1.96. The number of halogens is 1. The van der Waals surface area contributed by atoms with Gasteiger partial charge in [-0.1, -0.05) is 6.58 Å². The van der Waals surface area contributed by atoms with Gasteiger partial charge in [-0.25, -0.2) is 9.78 Å². The van der Waals surface area contributed by atoms with Crippen LogP contribution in [-0.4, -0.2) is 22.5 Å². The fraction of sp³-hybridized carbons (Fsp3) is 0.333. The minimum atomic E-state index is -0.399. The number of esters is 1. The number of aromatic amines is 1. The van der Waals surface area contributed by atoms with Crippen LogP contribution in [0.5, 0.6) is 0 Å². The van der Waals surface area contributed by atoms with E-state index in [0.717, 1.165) is 0 Å². The van der Waals surface area contributed by atoms with Crippen LogP contribution < -0.4 is 0 Å². The van der Waals surface area contributed by atoms with Crippen molar-refractivity contribution in [3.8, 4) is 0 Å². The molecule has 0 amide bonds. The highest BCUT2D eigenvalue weighted by Crippen LogP contribution is 2.07. The van der Waals surface area contributed by atoms with Gasteiger partial charge in [-0.15, -0.1) is 12.4 Å². The Bertz CT molecular complexity index is 334. The lowest BCUT2D eigenvalue weighted by molar-refractivity contribution is 0.0519. The van der Waals surface area contributed by atoms with E-state index >= 15 is 0 Å². The number of aryl methyl sites for hydroxylation is 1. The smallest absolute Gasteiger partial charge is 0.358 e. The van der Waals surface area contributed by atoms with E-state index in [1.807, 2.05) is 0 Å². The summed E-state index contributed by atoms with van der Waals surface area (Å²) in [5.74, 6) is 0.185. The van der Waals surface area contributed by atoms with Crippen molar-refractivity contribution < 1.29 is 9.53 Å². The number of imidazole rings is 1. The largest absolute Gasteiger partial charge is 0.461 e. The summed E-state index contributed by atoms with van der Waals surface area (Å²) < 4.78 is 4.81. The van der Waals surface area contributed by atoms with Crippen LogP contribution in [0, 0.1) is 6.92 Å². The lowest BCUT2D eigenvalue weighted by atomic mass is 10.3. The van der Waals surface area contributed by atoms with E-state index in [0.29, 0.717) is 23.8 Å². The van der Waals surface area contributed by atoms with Gasteiger partial charge in [-0.3, -0.25) is 0 Å². The Kier molecular flexibility index (Phi) is 4.94. The molecule has 0 saturated carbocycles. The number of rotatable bonds is 3. The summed E-state index contributed by atoms with van der Waals surface area (Å²) in [6.07, 6.45) is 1.55. The van der Waals surface area contributed by atoms with Crippen LogP contribution in [0.15, 0.2) is 6.58 Å². The molecule has 1 rings (SSSR count). The van der Waals surface area contributed by atoms with Crippen molar-refractivity contribution in [2.45, 2.75) is 13.8 Å². The van der Waals surface area contributed by atoms with Crippen molar-refractivity contribution in [2.75, 3.05) is 6.61 Å². The first kappa shape index (κ1) is 12.7. The quantitative estimate of drug-likeness (QED) is 0.786. The number of aromatic nitrogens is 2. The van der Waals surface area contributed by atoms with E-state index < -0.39 is 5.97 Å². The third-order valence-corrected chi connectivity index (χ3v) is 1.57. The Balaban J connectivity index is 0.00000169. The summed E-state index contributed by atoms with van der Waals surface area (Å²) in [7, 11) is 0. The van der Waals surface area contributed by atoms with Crippen LogP contribution in [0.3, 0.4) is 0 Å². The average molecular weight is 217 g/mol. The van der Waals surface area contributed by atoms with Crippen LogP contribution in [0.2, 0.25) is 0 Å². The van der Waals surface area contributed by atoms with Gasteiger partial charge in [-0.05, 0) is 19.9 Å². The highest BCUT2D eigenvalue weighted by Gasteiger charge is 2.14. The molecule has 0 aromatic carbocycles. The fourth-order valence-corrected chi connectivity index (χ4v) is 0.978. The first-order valence-electron chi connectivity index (χ1n) is 4.05. The number of carbonyl (C=O) groups excluding carboxylic acids is 1. The van der Waals surface area contributed by atoms with Crippen LogP contribution in [0.25, 0.3) is 6.08 Å². The van der Waals surface area contributed by atoms with Gasteiger partial charge < -0.3 is 9.72 Å². The molecule has 0 atom stereocenters. The number of nitrogens with zero attached hydrogens (tertiary/aromatic N) is 1. The molecule has 0 aliphatic carbocycles. The fourth-order valence-electron chi connectivity index (χ4n) is 0.978. The van der Waals surface area contributed by atoms with Crippen molar-refractivity contribution in [3.05, 3.63) is 23.8 Å². The van der Waals surface area contributed by atoms with E-state index in [2.05, 4.69) is 16.5 Å². The van der Waals surface area contributed by atoms with E-state index in [1.54, 1.807) is 19.9 Å². The zero-order valence-electron chi connectivity index (χ0n) is 8.16. The Morgan fingerprint density at radius 1 is 1.71 bits per heavy atom. The van der Waals surface area contributed by atoms with E-state index in [9.17, 15) is 4.79 Å². The summed E-state index contributed by atoms with van der Waals surface area (Å²) in [5.41, 5.74) is 1.03. The van der Waals surface area contributed by atoms with Gasteiger partial charge in [0, 0.05) is 5.69 Å². The summed E-state index contributed by atoms with van der Waals surface area (Å²) in [5, 5.41) is 0. The lowest BCUT2D eigenvalue weighted by Crippen LogP contribution is -2.06. The standard InChI is InChI=1S/C9H12N2O2.ClH/c1-4-7-10-6(3)8(11-7)9(12)13-5-2;/h4H,1,5H2,2-3H3,(H,10,11);1H. The molecule has 0 radical (unpaired) electrons. The van der Waals surface area contributed by atoms with Crippen molar-refractivity contribution in [2.24, 2.45) is 0 Å². The van der Waals surface area contributed by atoms with Gasteiger partial charge >= 0.3 is 5.97 Å². The second-order valence-corrected chi connectivity index (χ2v) is 2.52. The maximum absolute atomic E-state index is 11.3. The van der Waals surface area contributed by atoms with Crippen LogP contribution >= 0.6 is 12.4 Å². The zero-order valence-corrected chi connectivity index (χ0v) is 8.98. The number of H-pyrrole nitrogens is 1. The van der Waals surface area contributed by atoms with Crippen LogP contribution in [0.4, 0.5) is 0 Å². The summed E-state index contributed by atoms with van der Waals surface area (Å²) in [6.45, 7) is 7.43. The van der Waals surface area contributed by atoms with Crippen LogP contribution in [-0.2, 0) is 4.74 Å². The SMILES string of the molecule is C=Cc1nc(C(=O)OCC)c(C)[nH]1.Cl. The molecule has 0 unspecified atom stereocenters. The Morgan fingerprint density at radius 2 is 2.36 bits per heavy atom. The maximum Gasteiger partial charge on any atom is 0.358 e. The summed E-state index contributed by atoms with van der Waals surface area (Å²) in [6, 6.07) is 0. The molecule has 0 bridgehead atoms. The molecule has 5 heteroatoms. The van der Waals surface area contributed by atoms with Gasteiger partial charge in [0.2, 0.25) is 0 Å². The molecule has 0 spiro atoms. The average Bonchev–Trinajstić information content (AvgIpc) is 2.47. The molecule has 1 aromatic rings. The maximum atomic E-state index is 11.3. The Labute approximate surface area is 88.8 Å². The first-order chi connectivity index (χ1) is 6.19. The van der Waals surface area contributed by atoms with E-state index in [4.69, 9.17) is 4.74 Å². The first-order valence-corrected chi connectivity index (χ1v) is 4.05. The second kappa shape index (κ2) is 5.44. The topological polar surface area (TPSA) is 55.0 Å². The molecule has 4 nitrogen and oxygen atoms in total. The third-order valence-electron chi connectivity index (χ3n) is 1.57. The summed E-state index contributed by atoms with van der Waals surface area (Å²) in [4.78, 5) is 18.2. The number of hydrogen-bond donors (Lipinski definition) is 1. The minimum Gasteiger partial charge on any atom is -0.461 e. The van der Waals surface area contributed by atoms with Gasteiger partial charge in [0.15, 0.2) is 5.69 Å². The Hall–Kier alpha value is -1.29. The molecule has 0 fully saturated rings. The van der Waals surface area contributed by atoms with Gasteiger partial charge in [0.05, 0.1) is 6.61 Å². The van der Waals surface area contributed by atoms with Gasteiger partial charge in [0.25, 0.3) is 0 Å². The van der Waals surface area contributed by atoms with E-state index in [1.165, 1.54) is 0 Å². The monoisotopic (exact) mass is 216 g/mol. The summed E-state index contributed by atoms with van der Waals surface area (Å²) >= 11 is 0. The number of hydrogen-bond acceptors (Lipinski definition) is 3. The predicted molar refractivity (Wildman–Crippen MR) is 56.6 cm³/mol. The highest BCUT2D eigenvalue weighted by molar-refractivity contribution is 5.88. The Morgan fingerprint density at radius 3 is 2.79 bits per heavy atom. The highest BCUT2D eigenvalue weighted by atomic mass is 35.5. The molecule has 78 valence electrons. The van der Waals surface area contributed by atoms with E-state index in [-0.39, 0.29) is 12.4 Å². The molecule has 0 aliphatic rings. The molecular weight excluding hydrogens is 204 g/mol. The molecule has 0 saturated heterocycles. The van der Waals surface area contributed by atoms with Crippen LogP contribution in [0.1, 0.15) is 28.9 Å². The number of ether oxygens (including phenoxy) is 1. The number of carbonyl (C=O) groups is 1. The number of nitrogens with one attached hydrogen (secondary N) is 1. The lowest BCUT2D eigenvalue weighted by Gasteiger charge is -1.97. The molecule has 14 heavy (non-hydrogen) atoms. The zero-order chi connectivity index (χ0) is 9.84. The second-order valence-electron chi connectivity index (χ2n) is 2.52. The molecular formula is C9H13ClN2O2. The normalized spacial score (nSPS) is 9.00. The van der Waals surface area contributed by atoms with Crippen molar-refractivity contribution in [1.82, 2.24) is 9.97 Å². The van der Waals surface area contributed by atoms with Crippen molar-refractivity contribution >= 4 is 24.5 Å². The molecule has 0 aliphatic heterocycles.